The highest BCUT2D eigenvalue weighted by molar-refractivity contribution is 5.66. The molecule has 2 rings (SSSR count). The van der Waals surface area contributed by atoms with Crippen molar-refractivity contribution < 1.29 is 38.7 Å². The number of fused-ring (bicyclic) bond motifs is 1. The molecule has 8 heteroatoms. The van der Waals surface area contributed by atoms with Crippen LogP contribution in [0.1, 0.15) is 27.2 Å². The largest absolute Gasteiger partial charge is 0.460 e. The number of aliphatic hydroxyl groups is 2. The lowest BCUT2D eigenvalue weighted by Crippen LogP contribution is -2.71. The molecule has 2 unspecified atom stereocenters. The number of esters is 1. The summed E-state index contributed by atoms with van der Waals surface area (Å²) < 4.78 is 27.6. The second kappa shape index (κ2) is 6.03. The Morgan fingerprint density at radius 1 is 1.09 bits per heavy atom. The molecule has 0 amide bonds. The highest BCUT2D eigenvalue weighted by atomic mass is 16.8. The summed E-state index contributed by atoms with van der Waals surface area (Å²) in [6.07, 6.45) is -4.67. The molecule has 2 fully saturated rings. The maximum absolute atomic E-state index is 11.1. The fourth-order valence-corrected chi connectivity index (χ4v) is 2.96. The minimum atomic E-state index is -1.28. The Hall–Kier alpha value is -0.770. The Kier molecular flexibility index (Phi) is 4.82. The molecule has 2 aliphatic rings. The molecule has 1 aliphatic carbocycles. The van der Waals surface area contributed by atoms with Crippen LogP contribution in [0.3, 0.4) is 0 Å². The number of hydrogen-bond donors (Lipinski definition) is 2. The molecule has 7 atom stereocenters. The fourth-order valence-electron chi connectivity index (χ4n) is 2.96. The molecule has 1 saturated carbocycles. The summed E-state index contributed by atoms with van der Waals surface area (Å²) >= 11 is 0. The van der Waals surface area contributed by atoms with Gasteiger partial charge in [-0.2, -0.15) is 0 Å². The van der Waals surface area contributed by atoms with Gasteiger partial charge in [0.15, 0.2) is 0 Å². The molecule has 1 aliphatic heterocycles. The Balaban J connectivity index is 2.25. The van der Waals surface area contributed by atoms with E-state index in [9.17, 15) is 15.0 Å². The minimum absolute atomic E-state index is 0.182. The van der Waals surface area contributed by atoms with Crippen molar-refractivity contribution in [1.29, 1.82) is 0 Å². The lowest BCUT2D eigenvalue weighted by molar-refractivity contribution is -0.462. The maximum Gasteiger partial charge on any atom is 0.302 e. The average Bonchev–Trinajstić information content (AvgIpc) is 2.46. The Bertz CT molecular complexity index is 429. The molecule has 22 heavy (non-hydrogen) atoms. The molecule has 0 aromatic carbocycles. The molecule has 128 valence electrons. The van der Waals surface area contributed by atoms with Gasteiger partial charge in [0.1, 0.15) is 24.4 Å². The normalized spacial score (nSPS) is 48.6. The molecule has 0 aromatic rings. The van der Waals surface area contributed by atoms with Gasteiger partial charge in [0.05, 0.1) is 6.10 Å². The van der Waals surface area contributed by atoms with Crippen molar-refractivity contribution in [1.82, 2.24) is 0 Å². The number of carbonyl (C=O) groups excluding carboxylic acids is 1. The third kappa shape index (κ3) is 2.75. The smallest absolute Gasteiger partial charge is 0.302 e. The third-order valence-electron chi connectivity index (χ3n) is 4.56. The number of methoxy groups -OCH3 is 2. The van der Waals surface area contributed by atoms with Crippen LogP contribution in [0.5, 0.6) is 0 Å². The molecule has 0 spiro atoms. The average molecular weight is 320 g/mol. The predicted octanol–water partition coefficient (Wildman–Crippen LogP) is -0.447. The van der Waals surface area contributed by atoms with Crippen LogP contribution in [0.4, 0.5) is 0 Å². The Morgan fingerprint density at radius 2 is 1.64 bits per heavy atom. The van der Waals surface area contributed by atoms with Gasteiger partial charge >= 0.3 is 5.97 Å². The van der Waals surface area contributed by atoms with Gasteiger partial charge in [-0.05, 0) is 13.8 Å². The topological polar surface area (TPSA) is 104 Å². The molecule has 8 nitrogen and oxygen atoms in total. The van der Waals surface area contributed by atoms with E-state index < -0.39 is 48.1 Å². The van der Waals surface area contributed by atoms with Crippen molar-refractivity contribution in [2.24, 2.45) is 0 Å². The quantitative estimate of drug-likeness (QED) is 0.674. The lowest BCUT2D eigenvalue weighted by Gasteiger charge is -2.55. The predicted molar refractivity (Wildman–Crippen MR) is 72.8 cm³/mol. The summed E-state index contributed by atoms with van der Waals surface area (Å²) in [4.78, 5) is 11.1. The first-order valence-electron chi connectivity index (χ1n) is 7.16. The van der Waals surface area contributed by atoms with Gasteiger partial charge in [0, 0.05) is 27.6 Å². The lowest BCUT2D eigenvalue weighted by atomic mass is 9.85. The standard InChI is InChI=1S/C14H24O8/c1-7(15)20-8-6-9-12(11(17)10(8)16)22-14(3,19-5)13(2,18-4)21-9/h8-12,16-17H,6H2,1-5H3/t8-,9+,10?,11?,12-,13-,14-/m0/s1. The Morgan fingerprint density at radius 3 is 2.14 bits per heavy atom. The number of ether oxygens (including phenoxy) is 5. The second-order valence-electron chi connectivity index (χ2n) is 5.90. The van der Waals surface area contributed by atoms with E-state index in [4.69, 9.17) is 23.7 Å². The SMILES string of the molecule is CO[C@@]1(C)O[C@@H]2C(O)C(O)[C@@H](OC(C)=O)C[C@H]2O[C@]1(C)OC. The van der Waals surface area contributed by atoms with Crippen molar-refractivity contribution in [3.8, 4) is 0 Å². The summed E-state index contributed by atoms with van der Waals surface area (Å²) in [7, 11) is 2.90. The van der Waals surface area contributed by atoms with E-state index in [-0.39, 0.29) is 6.42 Å². The number of carbonyl (C=O) groups is 1. The number of rotatable bonds is 3. The highest BCUT2D eigenvalue weighted by Gasteiger charge is 2.61. The first kappa shape index (κ1) is 17.6. The van der Waals surface area contributed by atoms with E-state index in [0.717, 1.165) is 0 Å². The van der Waals surface area contributed by atoms with E-state index in [1.807, 2.05) is 0 Å². The molecular weight excluding hydrogens is 296 g/mol. The van der Waals surface area contributed by atoms with Crippen molar-refractivity contribution in [3.05, 3.63) is 0 Å². The van der Waals surface area contributed by atoms with Crippen molar-refractivity contribution >= 4 is 5.97 Å². The van der Waals surface area contributed by atoms with Gasteiger partial charge in [-0.25, -0.2) is 0 Å². The van der Waals surface area contributed by atoms with E-state index in [2.05, 4.69) is 0 Å². The third-order valence-corrected chi connectivity index (χ3v) is 4.56. The van der Waals surface area contributed by atoms with Gasteiger partial charge in [-0.15, -0.1) is 0 Å². The van der Waals surface area contributed by atoms with Gasteiger partial charge in [0.2, 0.25) is 11.6 Å². The minimum Gasteiger partial charge on any atom is -0.460 e. The van der Waals surface area contributed by atoms with E-state index in [1.54, 1.807) is 13.8 Å². The first-order chi connectivity index (χ1) is 10.2. The second-order valence-corrected chi connectivity index (χ2v) is 5.90. The molecular formula is C14H24O8. The van der Waals surface area contributed by atoms with E-state index in [1.165, 1.54) is 21.1 Å². The maximum atomic E-state index is 11.1. The van der Waals surface area contributed by atoms with Gasteiger partial charge in [-0.1, -0.05) is 0 Å². The molecule has 0 aromatic heterocycles. The van der Waals surface area contributed by atoms with Crippen LogP contribution in [-0.2, 0) is 28.5 Å². The fraction of sp³-hybridized carbons (Fsp3) is 0.929. The van der Waals surface area contributed by atoms with Crippen LogP contribution in [0.25, 0.3) is 0 Å². The molecule has 0 radical (unpaired) electrons. The summed E-state index contributed by atoms with van der Waals surface area (Å²) in [6, 6.07) is 0. The highest BCUT2D eigenvalue weighted by Crippen LogP contribution is 2.43. The van der Waals surface area contributed by atoms with Crippen LogP contribution in [-0.4, -0.2) is 72.5 Å². The molecule has 1 heterocycles. The summed E-state index contributed by atoms with van der Waals surface area (Å²) in [6.45, 7) is 4.53. The van der Waals surface area contributed by atoms with Crippen molar-refractivity contribution in [2.75, 3.05) is 14.2 Å². The zero-order valence-electron chi connectivity index (χ0n) is 13.4. The van der Waals surface area contributed by atoms with Crippen LogP contribution in [0.15, 0.2) is 0 Å². The van der Waals surface area contributed by atoms with Gasteiger partial charge < -0.3 is 33.9 Å². The number of hydrogen-bond acceptors (Lipinski definition) is 8. The molecule has 2 N–H and O–H groups in total. The Labute approximate surface area is 129 Å². The van der Waals surface area contributed by atoms with E-state index in [0.29, 0.717) is 0 Å². The van der Waals surface area contributed by atoms with Crippen LogP contribution in [0, 0.1) is 0 Å². The first-order valence-corrected chi connectivity index (χ1v) is 7.16. The van der Waals surface area contributed by atoms with E-state index >= 15 is 0 Å². The van der Waals surface area contributed by atoms with Crippen molar-refractivity contribution in [3.63, 3.8) is 0 Å². The summed E-state index contributed by atoms with van der Waals surface area (Å²) in [5, 5.41) is 20.4. The van der Waals surface area contributed by atoms with Crippen molar-refractivity contribution in [2.45, 2.75) is 69.3 Å². The zero-order valence-corrected chi connectivity index (χ0v) is 13.4. The molecule has 0 bridgehead atoms. The van der Waals surface area contributed by atoms with Gasteiger partial charge in [-0.3, -0.25) is 4.79 Å². The van der Waals surface area contributed by atoms with Gasteiger partial charge in [0.25, 0.3) is 0 Å². The van der Waals surface area contributed by atoms with Crippen LogP contribution < -0.4 is 0 Å². The molecule has 1 saturated heterocycles. The zero-order chi connectivity index (χ0) is 16.7. The summed E-state index contributed by atoms with van der Waals surface area (Å²) in [5.74, 6) is -3.02. The number of aliphatic hydroxyl groups excluding tert-OH is 2. The summed E-state index contributed by atoms with van der Waals surface area (Å²) in [5.41, 5.74) is 0. The van der Waals surface area contributed by atoms with Crippen LogP contribution >= 0.6 is 0 Å². The monoisotopic (exact) mass is 320 g/mol. The van der Waals surface area contributed by atoms with Crippen LogP contribution in [0.2, 0.25) is 0 Å².